The molecule has 0 atom stereocenters. The number of ether oxygens (including phenoxy) is 1. The van der Waals surface area contributed by atoms with E-state index in [2.05, 4.69) is 42.0 Å². The van der Waals surface area contributed by atoms with Crippen molar-refractivity contribution in [3.8, 4) is 22.8 Å². The van der Waals surface area contributed by atoms with E-state index in [4.69, 9.17) is 4.74 Å². The number of aromatic hydroxyl groups is 1. The molecule has 0 aliphatic carbocycles. The molecule has 0 saturated carbocycles. The number of thiazole rings is 1. The van der Waals surface area contributed by atoms with Crippen molar-refractivity contribution >= 4 is 49.4 Å². The minimum absolute atomic E-state index is 0.137. The topological polar surface area (TPSA) is 59.1 Å². The van der Waals surface area contributed by atoms with Crippen molar-refractivity contribution in [1.29, 1.82) is 0 Å². The zero-order valence-corrected chi connectivity index (χ0v) is 18.7. The zero-order valence-electron chi connectivity index (χ0n) is 14.7. The van der Waals surface area contributed by atoms with Gasteiger partial charge in [-0.05, 0) is 59.3 Å². The summed E-state index contributed by atoms with van der Waals surface area (Å²) >= 11 is 8.30. The van der Waals surface area contributed by atoms with E-state index < -0.39 is 0 Å². The van der Waals surface area contributed by atoms with Crippen LogP contribution in [0.1, 0.15) is 12.5 Å². The molecule has 1 N–H and O–H groups in total. The molecule has 1 heterocycles. The molecule has 0 unspecified atom stereocenters. The molecule has 8 heteroatoms. The first kappa shape index (κ1) is 19.9. The van der Waals surface area contributed by atoms with Gasteiger partial charge in [-0.1, -0.05) is 15.9 Å². The van der Waals surface area contributed by atoms with E-state index >= 15 is 0 Å². The van der Waals surface area contributed by atoms with Crippen LogP contribution >= 0.6 is 43.2 Å². The molecule has 0 aliphatic heterocycles. The molecule has 3 rings (SSSR count). The second-order valence-electron chi connectivity index (χ2n) is 5.49. The highest BCUT2D eigenvalue weighted by Crippen LogP contribution is 2.31. The monoisotopic (exact) mass is 509 g/mol. The first-order valence-electron chi connectivity index (χ1n) is 8.11. The first-order valence-corrected chi connectivity index (χ1v) is 10.6. The summed E-state index contributed by atoms with van der Waals surface area (Å²) in [6.45, 7) is 2.64. The van der Waals surface area contributed by atoms with Gasteiger partial charge in [0.2, 0.25) is 4.80 Å². The lowest BCUT2D eigenvalue weighted by molar-refractivity contribution is 0.415. The fourth-order valence-electron chi connectivity index (χ4n) is 2.42. The summed E-state index contributed by atoms with van der Waals surface area (Å²) < 4.78 is 8.46. The lowest BCUT2D eigenvalue weighted by Crippen LogP contribution is -2.12. The number of methoxy groups -OCH3 is 1. The molecule has 27 heavy (non-hydrogen) atoms. The lowest BCUT2D eigenvalue weighted by Gasteiger charge is -2.06. The minimum atomic E-state index is 0.137. The van der Waals surface area contributed by atoms with E-state index in [1.165, 1.54) is 11.3 Å². The summed E-state index contributed by atoms with van der Waals surface area (Å²) in [7, 11) is 1.64. The van der Waals surface area contributed by atoms with Crippen LogP contribution in [0.2, 0.25) is 0 Å². The van der Waals surface area contributed by atoms with Crippen LogP contribution in [0.3, 0.4) is 0 Å². The second-order valence-corrected chi connectivity index (χ2v) is 8.09. The Kier molecular flexibility index (Phi) is 6.51. The molecule has 0 amide bonds. The van der Waals surface area contributed by atoms with Crippen LogP contribution in [0, 0.1) is 0 Å². The van der Waals surface area contributed by atoms with Crippen LogP contribution in [0.4, 0.5) is 0 Å². The molecule has 5 nitrogen and oxygen atoms in total. The van der Waals surface area contributed by atoms with E-state index in [-0.39, 0.29) is 5.75 Å². The van der Waals surface area contributed by atoms with E-state index in [1.54, 1.807) is 30.1 Å². The number of rotatable bonds is 5. The van der Waals surface area contributed by atoms with Crippen LogP contribution in [0.25, 0.3) is 11.3 Å². The van der Waals surface area contributed by atoms with Gasteiger partial charge in [0.05, 0.1) is 23.5 Å². The van der Waals surface area contributed by atoms with Crippen LogP contribution in [-0.2, 0) is 0 Å². The summed E-state index contributed by atoms with van der Waals surface area (Å²) in [5.74, 6) is 0.934. The molecular formula is C19H17Br2N3O2S. The maximum atomic E-state index is 10.3. The number of phenolic OH excluding ortho intramolecular Hbond substituents is 1. The number of aromatic nitrogens is 1. The summed E-state index contributed by atoms with van der Waals surface area (Å²) in [6.07, 6.45) is 1.62. The summed E-state index contributed by atoms with van der Waals surface area (Å²) in [6, 6.07) is 11.4. The molecule has 1 aromatic heterocycles. The van der Waals surface area contributed by atoms with Gasteiger partial charge in [-0.3, -0.25) is 4.99 Å². The molecule has 0 fully saturated rings. The third kappa shape index (κ3) is 4.51. The highest BCUT2D eigenvalue weighted by atomic mass is 79.9. The Hall–Kier alpha value is -1.90. The second kappa shape index (κ2) is 8.86. The molecule has 0 spiro atoms. The van der Waals surface area contributed by atoms with Crippen LogP contribution in [0.5, 0.6) is 11.5 Å². The fraction of sp³-hybridized carbons (Fsp3) is 0.158. The van der Waals surface area contributed by atoms with Crippen molar-refractivity contribution in [2.45, 2.75) is 6.92 Å². The number of phenols is 1. The molecule has 2 aromatic carbocycles. The van der Waals surface area contributed by atoms with Gasteiger partial charge in [0, 0.05) is 27.5 Å². The maximum absolute atomic E-state index is 10.3. The van der Waals surface area contributed by atoms with Crippen molar-refractivity contribution < 1.29 is 9.84 Å². The van der Waals surface area contributed by atoms with E-state index in [0.29, 0.717) is 16.6 Å². The maximum Gasteiger partial charge on any atom is 0.206 e. The third-order valence-corrected chi connectivity index (χ3v) is 5.65. The highest BCUT2D eigenvalue weighted by Gasteiger charge is 2.09. The number of hydrogen-bond acceptors (Lipinski definition) is 5. The predicted molar refractivity (Wildman–Crippen MR) is 117 cm³/mol. The van der Waals surface area contributed by atoms with E-state index in [0.717, 1.165) is 26.3 Å². The normalized spacial score (nSPS) is 12.1. The molecular weight excluding hydrogens is 494 g/mol. The average Bonchev–Trinajstić information content (AvgIpc) is 3.06. The van der Waals surface area contributed by atoms with E-state index in [1.807, 2.05) is 36.6 Å². The minimum Gasteiger partial charge on any atom is -0.506 e. The van der Waals surface area contributed by atoms with Gasteiger partial charge in [0.1, 0.15) is 11.5 Å². The number of halogens is 2. The Morgan fingerprint density at radius 3 is 2.63 bits per heavy atom. The Labute approximate surface area is 177 Å². The van der Waals surface area contributed by atoms with Gasteiger partial charge in [-0.15, -0.1) is 11.3 Å². The van der Waals surface area contributed by atoms with Crippen molar-refractivity contribution in [2.24, 2.45) is 10.1 Å². The van der Waals surface area contributed by atoms with Crippen molar-refractivity contribution in [3.05, 3.63) is 61.1 Å². The number of nitrogens with zero attached hydrogens (tertiary/aromatic N) is 3. The molecule has 0 bridgehead atoms. The molecule has 140 valence electrons. The van der Waals surface area contributed by atoms with Crippen LogP contribution in [0.15, 0.2) is 60.8 Å². The van der Waals surface area contributed by atoms with Gasteiger partial charge in [0.25, 0.3) is 0 Å². The van der Waals surface area contributed by atoms with Gasteiger partial charge >= 0.3 is 0 Å². The summed E-state index contributed by atoms with van der Waals surface area (Å²) in [4.78, 5) is 5.30. The summed E-state index contributed by atoms with van der Waals surface area (Å²) in [5.41, 5.74) is 2.51. The van der Waals surface area contributed by atoms with Crippen molar-refractivity contribution in [1.82, 2.24) is 4.68 Å². The average molecular weight is 511 g/mol. The van der Waals surface area contributed by atoms with Crippen LogP contribution < -0.4 is 9.54 Å². The molecule has 0 aliphatic rings. The van der Waals surface area contributed by atoms with E-state index in [9.17, 15) is 5.11 Å². The van der Waals surface area contributed by atoms with Crippen LogP contribution in [-0.4, -0.2) is 29.7 Å². The SMILES string of the molecule is CCN=c1scc(-c2ccc(OC)cc2)n1N=Cc1cc(Br)cc(Br)c1O. The Balaban J connectivity index is 2.08. The highest BCUT2D eigenvalue weighted by molar-refractivity contribution is 9.11. The molecule has 0 saturated heterocycles. The summed E-state index contributed by atoms with van der Waals surface area (Å²) in [5, 5.41) is 16.9. The van der Waals surface area contributed by atoms with Gasteiger partial charge in [0.15, 0.2) is 0 Å². The van der Waals surface area contributed by atoms with Crippen molar-refractivity contribution in [2.75, 3.05) is 13.7 Å². The quantitative estimate of drug-likeness (QED) is 0.476. The lowest BCUT2D eigenvalue weighted by atomic mass is 10.2. The molecule has 0 radical (unpaired) electrons. The Morgan fingerprint density at radius 2 is 1.96 bits per heavy atom. The first-order chi connectivity index (χ1) is 13.0. The largest absolute Gasteiger partial charge is 0.506 e. The predicted octanol–water partition coefficient (Wildman–Crippen LogP) is 5.26. The number of hydrogen-bond donors (Lipinski definition) is 1. The van der Waals surface area contributed by atoms with Gasteiger partial charge < -0.3 is 9.84 Å². The molecule has 3 aromatic rings. The number of benzene rings is 2. The van der Waals surface area contributed by atoms with Crippen molar-refractivity contribution in [3.63, 3.8) is 0 Å². The Bertz CT molecular complexity index is 1040. The zero-order chi connectivity index (χ0) is 19.4. The van der Waals surface area contributed by atoms with Gasteiger partial charge in [-0.2, -0.15) is 5.10 Å². The smallest absolute Gasteiger partial charge is 0.206 e. The Morgan fingerprint density at radius 1 is 1.22 bits per heavy atom. The van der Waals surface area contributed by atoms with Gasteiger partial charge in [-0.25, -0.2) is 4.68 Å². The third-order valence-electron chi connectivity index (χ3n) is 3.73. The fourth-order valence-corrected chi connectivity index (χ4v) is 4.58. The standard InChI is InChI=1S/C19H17Br2N3O2S/c1-3-22-19-24(23-10-13-8-14(20)9-16(21)18(13)25)17(11-27-19)12-4-6-15(26-2)7-5-12/h4-11,25H,3H2,1-2H3.